The molecule has 0 atom stereocenters. The summed E-state index contributed by atoms with van der Waals surface area (Å²) in [6, 6.07) is 1.48. The van der Waals surface area contributed by atoms with Gasteiger partial charge in [0.2, 0.25) is 0 Å². The SMILES string of the molecule is CCOC(=O)CCn1ncc(C)cc1=O. The van der Waals surface area contributed by atoms with Crippen molar-refractivity contribution in [1.82, 2.24) is 9.78 Å². The molecule has 1 rings (SSSR count). The van der Waals surface area contributed by atoms with Gasteiger partial charge in [-0.05, 0) is 19.4 Å². The minimum atomic E-state index is -0.313. The van der Waals surface area contributed by atoms with Gasteiger partial charge in [0.05, 0.1) is 25.8 Å². The normalized spacial score (nSPS) is 10.0. The highest BCUT2D eigenvalue weighted by atomic mass is 16.5. The molecule has 0 spiro atoms. The first-order chi connectivity index (χ1) is 7.13. The zero-order valence-corrected chi connectivity index (χ0v) is 8.90. The first-order valence-corrected chi connectivity index (χ1v) is 4.83. The number of ether oxygens (including phenoxy) is 1. The van der Waals surface area contributed by atoms with E-state index in [0.717, 1.165) is 5.56 Å². The molecule has 0 bridgehead atoms. The van der Waals surface area contributed by atoms with E-state index in [1.54, 1.807) is 20.0 Å². The highest BCUT2D eigenvalue weighted by Gasteiger charge is 2.03. The van der Waals surface area contributed by atoms with Crippen molar-refractivity contribution in [3.05, 3.63) is 28.2 Å². The maximum absolute atomic E-state index is 11.4. The summed E-state index contributed by atoms with van der Waals surface area (Å²) in [5, 5.41) is 3.91. The third kappa shape index (κ3) is 3.53. The molecule has 0 saturated carbocycles. The van der Waals surface area contributed by atoms with E-state index in [4.69, 9.17) is 4.74 Å². The molecule has 0 radical (unpaired) electrons. The first kappa shape index (κ1) is 11.4. The van der Waals surface area contributed by atoms with E-state index in [1.165, 1.54) is 10.7 Å². The molecule has 1 aromatic heterocycles. The fourth-order valence-corrected chi connectivity index (χ4v) is 1.12. The van der Waals surface area contributed by atoms with Crippen molar-refractivity contribution < 1.29 is 9.53 Å². The highest BCUT2D eigenvalue weighted by molar-refractivity contribution is 5.69. The Bertz CT molecular complexity index is 398. The van der Waals surface area contributed by atoms with Gasteiger partial charge in [-0.25, -0.2) is 4.68 Å². The average molecular weight is 210 g/mol. The third-order valence-electron chi connectivity index (χ3n) is 1.84. The Balaban J connectivity index is 2.58. The molecule has 82 valence electrons. The molecule has 0 saturated heterocycles. The maximum atomic E-state index is 11.4. The van der Waals surface area contributed by atoms with Gasteiger partial charge in [-0.2, -0.15) is 5.10 Å². The number of carbonyl (C=O) groups is 1. The van der Waals surface area contributed by atoms with E-state index in [2.05, 4.69) is 5.10 Å². The van der Waals surface area contributed by atoms with Gasteiger partial charge in [-0.15, -0.1) is 0 Å². The summed E-state index contributed by atoms with van der Waals surface area (Å²) in [6.07, 6.45) is 1.76. The average Bonchev–Trinajstić information content (AvgIpc) is 2.17. The van der Waals surface area contributed by atoms with Crippen LogP contribution in [0.2, 0.25) is 0 Å². The van der Waals surface area contributed by atoms with Gasteiger partial charge in [0, 0.05) is 6.07 Å². The Labute approximate surface area is 87.7 Å². The zero-order chi connectivity index (χ0) is 11.3. The maximum Gasteiger partial charge on any atom is 0.307 e. The van der Waals surface area contributed by atoms with E-state index in [1.807, 2.05) is 0 Å². The largest absolute Gasteiger partial charge is 0.466 e. The molecule has 0 amide bonds. The van der Waals surface area contributed by atoms with Crippen molar-refractivity contribution in [3.63, 3.8) is 0 Å². The van der Waals surface area contributed by atoms with Crippen LogP contribution in [0.5, 0.6) is 0 Å². The number of nitrogens with zero attached hydrogens (tertiary/aromatic N) is 2. The van der Waals surface area contributed by atoms with Crippen molar-refractivity contribution >= 4 is 5.97 Å². The molecule has 0 fully saturated rings. The van der Waals surface area contributed by atoms with Crippen LogP contribution in [0.4, 0.5) is 0 Å². The molecule has 0 aliphatic rings. The number of hydrogen-bond donors (Lipinski definition) is 0. The highest BCUT2D eigenvalue weighted by Crippen LogP contribution is 1.91. The number of rotatable bonds is 4. The molecule has 0 unspecified atom stereocenters. The Morgan fingerprint density at radius 2 is 2.33 bits per heavy atom. The van der Waals surface area contributed by atoms with E-state index in [0.29, 0.717) is 6.61 Å². The summed E-state index contributed by atoms with van der Waals surface area (Å²) < 4.78 is 6.00. The molecule has 5 heteroatoms. The van der Waals surface area contributed by atoms with Gasteiger partial charge < -0.3 is 4.74 Å². The molecular weight excluding hydrogens is 196 g/mol. The van der Waals surface area contributed by atoms with Crippen LogP contribution in [0.15, 0.2) is 17.1 Å². The summed E-state index contributed by atoms with van der Waals surface area (Å²) in [5.41, 5.74) is 0.617. The molecule has 15 heavy (non-hydrogen) atoms. The number of carbonyl (C=O) groups excluding carboxylic acids is 1. The van der Waals surface area contributed by atoms with Crippen LogP contribution >= 0.6 is 0 Å². The quantitative estimate of drug-likeness (QED) is 0.679. The van der Waals surface area contributed by atoms with Crippen LogP contribution in [0, 0.1) is 6.92 Å². The van der Waals surface area contributed by atoms with Gasteiger partial charge in [0.15, 0.2) is 0 Å². The fraction of sp³-hybridized carbons (Fsp3) is 0.500. The smallest absolute Gasteiger partial charge is 0.307 e. The third-order valence-corrected chi connectivity index (χ3v) is 1.84. The molecule has 0 N–H and O–H groups in total. The number of aromatic nitrogens is 2. The second-order valence-corrected chi connectivity index (χ2v) is 3.15. The van der Waals surface area contributed by atoms with Crippen LogP contribution in [-0.4, -0.2) is 22.4 Å². The van der Waals surface area contributed by atoms with Gasteiger partial charge in [-0.1, -0.05) is 0 Å². The molecule has 0 aliphatic heterocycles. The van der Waals surface area contributed by atoms with Gasteiger partial charge >= 0.3 is 5.97 Å². The molecular formula is C10H14N2O3. The lowest BCUT2D eigenvalue weighted by atomic mass is 10.3. The lowest BCUT2D eigenvalue weighted by molar-refractivity contribution is -0.143. The monoisotopic (exact) mass is 210 g/mol. The minimum Gasteiger partial charge on any atom is -0.466 e. The number of esters is 1. The standard InChI is InChI=1S/C10H14N2O3/c1-3-15-10(14)4-5-12-9(13)6-8(2)7-11-12/h6-7H,3-5H2,1-2H3. The van der Waals surface area contributed by atoms with Gasteiger partial charge in [-0.3, -0.25) is 9.59 Å². The first-order valence-electron chi connectivity index (χ1n) is 4.83. The number of hydrogen-bond acceptors (Lipinski definition) is 4. The van der Waals surface area contributed by atoms with Crippen LogP contribution < -0.4 is 5.56 Å². The number of aryl methyl sites for hydroxylation is 2. The predicted octanol–water partition coefficient (Wildman–Crippen LogP) is 0.505. The van der Waals surface area contributed by atoms with E-state index >= 15 is 0 Å². The van der Waals surface area contributed by atoms with Gasteiger partial charge in [0.25, 0.3) is 5.56 Å². The molecule has 1 aromatic rings. The molecule has 5 nitrogen and oxygen atoms in total. The van der Waals surface area contributed by atoms with Crippen LogP contribution in [0.3, 0.4) is 0 Å². The fourth-order valence-electron chi connectivity index (χ4n) is 1.12. The van der Waals surface area contributed by atoms with E-state index < -0.39 is 0 Å². The molecule has 1 heterocycles. The summed E-state index contributed by atoms with van der Waals surface area (Å²) in [6.45, 7) is 4.16. The van der Waals surface area contributed by atoms with Crippen molar-refractivity contribution in [2.24, 2.45) is 0 Å². The topological polar surface area (TPSA) is 61.2 Å². The second-order valence-electron chi connectivity index (χ2n) is 3.15. The summed E-state index contributed by atoms with van der Waals surface area (Å²) >= 11 is 0. The van der Waals surface area contributed by atoms with Crippen LogP contribution in [-0.2, 0) is 16.1 Å². The van der Waals surface area contributed by atoms with Crippen molar-refractivity contribution in [1.29, 1.82) is 0 Å². The van der Waals surface area contributed by atoms with Crippen molar-refractivity contribution in [2.45, 2.75) is 26.8 Å². The van der Waals surface area contributed by atoms with Crippen molar-refractivity contribution in [3.8, 4) is 0 Å². The van der Waals surface area contributed by atoms with Gasteiger partial charge in [0.1, 0.15) is 0 Å². The Morgan fingerprint density at radius 3 is 2.93 bits per heavy atom. The molecule has 0 aromatic carbocycles. The second kappa shape index (κ2) is 5.29. The summed E-state index contributed by atoms with van der Waals surface area (Å²) in [4.78, 5) is 22.4. The lowest BCUT2D eigenvalue weighted by Crippen LogP contribution is -2.23. The molecule has 0 aliphatic carbocycles. The van der Waals surface area contributed by atoms with Crippen LogP contribution in [0.25, 0.3) is 0 Å². The summed E-state index contributed by atoms with van der Waals surface area (Å²) in [7, 11) is 0. The van der Waals surface area contributed by atoms with Crippen LogP contribution in [0.1, 0.15) is 18.9 Å². The lowest BCUT2D eigenvalue weighted by Gasteiger charge is -2.04. The summed E-state index contributed by atoms with van der Waals surface area (Å²) in [5.74, 6) is -0.313. The minimum absolute atomic E-state index is 0.170. The van der Waals surface area contributed by atoms with Crippen molar-refractivity contribution in [2.75, 3.05) is 6.61 Å². The van der Waals surface area contributed by atoms with E-state index in [9.17, 15) is 9.59 Å². The Kier molecular flexibility index (Phi) is 4.03. The predicted molar refractivity (Wildman–Crippen MR) is 54.5 cm³/mol. The Hall–Kier alpha value is -1.65. The van der Waals surface area contributed by atoms with E-state index in [-0.39, 0.29) is 24.5 Å². The Morgan fingerprint density at radius 1 is 1.60 bits per heavy atom. The zero-order valence-electron chi connectivity index (χ0n) is 8.90.